The third kappa shape index (κ3) is 13.4. The van der Waals surface area contributed by atoms with Crippen molar-refractivity contribution in [3.63, 3.8) is 0 Å². The van der Waals surface area contributed by atoms with E-state index in [0.717, 1.165) is 81.1 Å². The van der Waals surface area contributed by atoms with Crippen LogP contribution in [-0.2, 0) is 19.9 Å². The van der Waals surface area contributed by atoms with Crippen LogP contribution in [0.2, 0.25) is 0 Å². The number of benzene rings is 3. The van der Waals surface area contributed by atoms with Crippen molar-refractivity contribution < 1.29 is 39.9 Å². The fourth-order valence-electron chi connectivity index (χ4n) is 8.52. The smallest absolute Gasteiger partial charge is 0.393 e. The second-order valence-electron chi connectivity index (χ2n) is 18.2. The van der Waals surface area contributed by atoms with Crippen molar-refractivity contribution in [2.24, 2.45) is 5.41 Å². The molecule has 3 aromatic rings. The monoisotopic (exact) mass is 945 g/mol. The first-order chi connectivity index (χ1) is 30.2. The molecule has 0 radical (unpaired) electrons. The number of piperidine rings is 1. The Morgan fingerprint density at radius 1 is 0.922 bits per heavy atom. The Balaban J connectivity index is 1.12. The lowest BCUT2D eigenvalue weighted by molar-refractivity contribution is -0.0435. The number of hydrogen-bond donors (Lipinski definition) is 3. The maximum Gasteiger partial charge on any atom is 0.501 e. The third-order valence-electron chi connectivity index (χ3n) is 12.4. The predicted molar refractivity (Wildman–Crippen MR) is 249 cm³/mol. The van der Waals surface area contributed by atoms with Gasteiger partial charge in [-0.25, -0.2) is 21.6 Å². The molecule has 0 bridgehead atoms. The van der Waals surface area contributed by atoms with Crippen molar-refractivity contribution in [1.29, 1.82) is 0 Å². The number of alkyl halides is 3. The van der Waals surface area contributed by atoms with Crippen LogP contribution in [0.4, 0.5) is 24.5 Å². The molecule has 0 unspecified atom stereocenters. The fraction of sp³-hybridized carbons (Fsp3) is 0.511. The largest absolute Gasteiger partial charge is 0.501 e. The van der Waals surface area contributed by atoms with Gasteiger partial charge in [0, 0.05) is 80.3 Å². The first-order valence-electron chi connectivity index (χ1n) is 22.0. The minimum absolute atomic E-state index is 0.00353. The van der Waals surface area contributed by atoms with Crippen LogP contribution >= 0.6 is 11.8 Å². The molecule has 0 spiro atoms. The fourth-order valence-corrected chi connectivity index (χ4v) is 11.5. The molecule has 64 heavy (non-hydrogen) atoms. The maximum absolute atomic E-state index is 14.2. The molecule has 1 amide bonds. The second-order valence-corrected chi connectivity index (χ2v) is 22.9. The van der Waals surface area contributed by atoms with Gasteiger partial charge in [0.2, 0.25) is 0 Å². The molecule has 2 saturated heterocycles. The number of piperazine rings is 1. The number of sulfone groups is 1. The van der Waals surface area contributed by atoms with Crippen LogP contribution in [0.5, 0.6) is 0 Å². The Morgan fingerprint density at radius 2 is 1.59 bits per heavy atom. The van der Waals surface area contributed by atoms with E-state index in [1.54, 1.807) is 23.3 Å². The molecule has 0 saturated carbocycles. The number of carbonyl (C=O) groups excluding carboxylic acids is 1. The summed E-state index contributed by atoms with van der Waals surface area (Å²) in [6.45, 7) is 16.9. The van der Waals surface area contributed by atoms with Crippen molar-refractivity contribution in [3.8, 4) is 0 Å². The zero-order valence-corrected chi connectivity index (χ0v) is 39.4. The number of aliphatic hydroxyl groups excluding tert-OH is 1. The zero-order valence-electron chi connectivity index (χ0n) is 37.0. The lowest BCUT2D eigenvalue weighted by Crippen LogP contribution is -2.47. The van der Waals surface area contributed by atoms with Crippen molar-refractivity contribution in [2.75, 3.05) is 68.3 Å². The van der Waals surface area contributed by atoms with E-state index in [-0.39, 0.29) is 11.7 Å². The Morgan fingerprint density at radius 3 is 2.23 bits per heavy atom. The van der Waals surface area contributed by atoms with E-state index < -0.39 is 52.8 Å². The summed E-state index contributed by atoms with van der Waals surface area (Å²) in [6.07, 6.45) is 6.68. The van der Waals surface area contributed by atoms with Crippen LogP contribution in [0.25, 0.3) is 0 Å². The van der Waals surface area contributed by atoms with Crippen LogP contribution in [0.3, 0.4) is 0 Å². The average molecular weight is 946 g/mol. The van der Waals surface area contributed by atoms with Crippen molar-refractivity contribution in [1.82, 2.24) is 14.5 Å². The Labute approximate surface area is 381 Å². The molecule has 350 valence electrons. The maximum atomic E-state index is 14.2. The number of likely N-dealkylation sites (tertiary alicyclic amines) is 1. The molecule has 2 aliphatic heterocycles. The molecule has 17 heteroatoms. The minimum Gasteiger partial charge on any atom is -0.393 e. The van der Waals surface area contributed by atoms with Gasteiger partial charge in [-0.2, -0.15) is 13.2 Å². The van der Waals surface area contributed by atoms with Crippen molar-refractivity contribution >= 4 is 48.9 Å². The number of anilines is 2. The Bertz CT molecular complexity index is 2340. The first kappa shape index (κ1) is 49.6. The summed E-state index contributed by atoms with van der Waals surface area (Å²) in [5, 5.41) is 12.9. The number of carbonyl (C=O) groups is 1. The molecule has 2 heterocycles. The number of rotatable bonds is 18. The third-order valence-corrected chi connectivity index (χ3v) is 16.4. The first-order valence-corrected chi connectivity index (χ1v) is 25.9. The number of nitrogens with one attached hydrogen (secondary N) is 2. The second kappa shape index (κ2) is 21.2. The van der Waals surface area contributed by atoms with Crippen LogP contribution in [0, 0.1) is 5.41 Å². The van der Waals surface area contributed by atoms with Gasteiger partial charge in [0.25, 0.3) is 25.8 Å². The number of sulfonamides is 1. The number of nitrogens with zero attached hydrogens (tertiary/aromatic N) is 3. The molecule has 6 rings (SSSR count). The number of amides is 1. The molecule has 1 aliphatic carbocycles. The lowest BCUT2D eigenvalue weighted by atomic mass is 9.73. The van der Waals surface area contributed by atoms with E-state index in [4.69, 9.17) is 0 Å². The molecule has 3 N–H and O–H groups in total. The Kier molecular flexibility index (Phi) is 16.4. The Hall–Kier alpha value is -3.87. The number of halogens is 3. The van der Waals surface area contributed by atoms with Gasteiger partial charge in [-0.3, -0.25) is 9.69 Å². The van der Waals surface area contributed by atoms with E-state index >= 15 is 0 Å². The number of hydrogen-bond acceptors (Lipinski definition) is 11. The number of aliphatic hydroxyl groups is 1. The van der Waals surface area contributed by atoms with Crippen LogP contribution in [0.1, 0.15) is 82.5 Å². The molecular weight excluding hydrogens is 884 g/mol. The normalized spacial score (nSPS) is 18.8. The van der Waals surface area contributed by atoms with Gasteiger partial charge in [0.15, 0.2) is 0 Å². The summed E-state index contributed by atoms with van der Waals surface area (Å²) in [7, 11) is -10.9. The highest BCUT2D eigenvalue weighted by molar-refractivity contribution is 7.99. The van der Waals surface area contributed by atoms with E-state index in [9.17, 15) is 39.9 Å². The topological polar surface area (TPSA) is 139 Å². The predicted octanol–water partition coefficient (Wildman–Crippen LogP) is 8.50. The highest BCUT2D eigenvalue weighted by Gasteiger charge is 2.48. The average Bonchev–Trinajstić information content (AvgIpc) is 3.25. The zero-order chi connectivity index (χ0) is 46.3. The molecule has 3 aliphatic rings. The van der Waals surface area contributed by atoms with Crippen LogP contribution in [0.15, 0.2) is 111 Å². The van der Waals surface area contributed by atoms with Gasteiger partial charge in [0.1, 0.15) is 4.90 Å². The van der Waals surface area contributed by atoms with Gasteiger partial charge in [-0.15, -0.1) is 18.3 Å². The van der Waals surface area contributed by atoms with Crippen molar-refractivity contribution in [3.05, 3.63) is 102 Å². The van der Waals surface area contributed by atoms with Gasteiger partial charge < -0.3 is 20.2 Å². The highest BCUT2D eigenvalue weighted by atomic mass is 32.2. The molecular formula is C47H62F3N5O6S3. The molecule has 1 atom stereocenters. The molecule has 2 fully saturated rings. The van der Waals surface area contributed by atoms with Crippen LogP contribution < -0.4 is 14.9 Å². The summed E-state index contributed by atoms with van der Waals surface area (Å²) in [4.78, 5) is 19.0. The van der Waals surface area contributed by atoms with E-state index in [1.165, 1.54) is 35.9 Å². The molecule has 11 nitrogen and oxygen atoms in total. The van der Waals surface area contributed by atoms with Crippen molar-refractivity contribution in [2.45, 2.75) is 104 Å². The van der Waals surface area contributed by atoms with E-state index in [2.05, 4.69) is 47.4 Å². The number of thioether (sulfide) groups is 1. The quantitative estimate of drug-likeness (QED) is 0.0836. The minimum atomic E-state index is -6.06. The lowest BCUT2D eigenvalue weighted by Gasteiger charge is -2.39. The van der Waals surface area contributed by atoms with Gasteiger partial charge in [0.05, 0.1) is 16.7 Å². The SMILES string of the molecule is C=C(C)CCC1=C(CN2CCN(c3ccc(C(=O)NS(=O)(=O)c4ccc(N[C@H](CCN5CCC(O)CC5)CSc5ccccc5)c(S(=O)(=O)C(F)(F)F)c4)cc3)CC2)CCC(C)(C)C1. The summed E-state index contributed by atoms with van der Waals surface area (Å²) < 4.78 is 97.7. The molecule has 0 aromatic heterocycles. The van der Waals surface area contributed by atoms with Crippen LogP contribution in [-0.4, -0.2) is 113 Å². The number of allylic oxidation sites excluding steroid dienone is 2. The molecule has 3 aromatic carbocycles. The summed E-state index contributed by atoms with van der Waals surface area (Å²) in [5.74, 6) is -0.667. The van der Waals surface area contributed by atoms with E-state index in [0.29, 0.717) is 56.1 Å². The summed E-state index contributed by atoms with van der Waals surface area (Å²) in [5.41, 5.74) is -0.669. The van der Waals surface area contributed by atoms with Gasteiger partial charge in [-0.1, -0.05) is 48.8 Å². The summed E-state index contributed by atoms with van der Waals surface area (Å²) >= 11 is 1.44. The highest BCUT2D eigenvalue weighted by Crippen LogP contribution is 2.41. The summed E-state index contributed by atoms with van der Waals surface area (Å²) in [6, 6.07) is 17.7. The standard InChI is InChI=1S/C47H62F3N5O6S3/c1-34(2)10-11-36-31-46(3,4)22-18-37(36)32-54-26-28-55(29-27-54)39-14-12-35(13-15-39)45(57)52-64(60,61)42-16-17-43(44(30-42)63(58,59)47(48,49)50)51-38(33-62-41-8-6-5-7-9-41)19-23-53-24-20-40(56)21-25-53/h5-9,12-17,30,38,40,51,56H,1,10-11,18-29,31-33H2,2-4H3,(H,52,57)/t38-/m1/s1. The van der Waals surface area contributed by atoms with E-state index in [1.807, 2.05) is 35.1 Å². The van der Waals surface area contributed by atoms with Gasteiger partial charge >= 0.3 is 5.51 Å². The van der Waals surface area contributed by atoms with Gasteiger partial charge in [-0.05, 0) is 118 Å².